The standard InChI is InChI=1S/C22H23NO/c1-3-22(23,20-13-8-14-21(16-20)24-2)19-12-7-11-18(15-19)17-9-5-4-6-10-17/h4-16H,3,23H2,1-2H3. The minimum Gasteiger partial charge on any atom is -0.497 e. The number of hydrogen-bond acceptors (Lipinski definition) is 2. The summed E-state index contributed by atoms with van der Waals surface area (Å²) in [4.78, 5) is 0. The molecule has 2 nitrogen and oxygen atoms in total. The molecule has 0 bridgehead atoms. The highest BCUT2D eigenvalue weighted by atomic mass is 16.5. The lowest BCUT2D eigenvalue weighted by atomic mass is 9.80. The summed E-state index contributed by atoms with van der Waals surface area (Å²) >= 11 is 0. The van der Waals surface area contributed by atoms with E-state index in [1.54, 1.807) is 7.11 Å². The zero-order valence-electron chi connectivity index (χ0n) is 14.2. The molecule has 3 rings (SSSR count). The smallest absolute Gasteiger partial charge is 0.119 e. The largest absolute Gasteiger partial charge is 0.497 e. The molecule has 3 aromatic rings. The summed E-state index contributed by atoms with van der Waals surface area (Å²) in [5, 5.41) is 0. The van der Waals surface area contributed by atoms with Crippen molar-refractivity contribution >= 4 is 0 Å². The maximum atomic E-state index is 6.85. The molecular weight excluding hydrogens is 294 g/mol. The lowest BCUT2D eigenvalue weighted by molar-refractivity contribution is 0.411. The van der Waals surface area contributed by atoms with Crippen molar-refractivity contribution in [2.24, 2.45) is 5.73 Å². The van der Waals surface area contributed by atoms with Gasteiger partial charge >= 0.3 is 0 Å². The van der Waals surface area contributed by atoms with Crippen LogP contribution >= 0.6 is 0 Å². The van der Waals surface area contributed by atoms with Gasteiger partial charge in [-0.05, 0) is 46.9 Å². The first kappa shape index (κ1) is 16.3. The molecule has 0 saturated heterocycles. The van der Waals surface area contributed by atoms with Crippen LogP contribution in [-0.2, 0) is 5.54 Å². The number of hydrogen-bond donors (Lipinski definition) is 1. The maximum absolute atomic E-state index is 6.85. The summed E-state index contributed by atoms with van der Waals surface area (Å²) in [5.41, 5.74) is 10.9. The topological polar surface area (TPSA) is 35.2 Å². The van der Waals surface area contributed by atoms with Gasteiger partial charge in [0.1, 0.15) is 5.75 Å². The third-order valence-corrected chi connectivity index (χ3v) is 4.63. The van der Waals surface area contributed by atoms with Crippen LogP contribution < -0.4 is 10.5 Å². The SMILES string of the molecule is CCC(N)(c1cccc(OC)c1)c1cccc(-c2ccccc2)c1. The first-order valence-corrected chi connectivity index (χ1v) is 8.27. The molecule has 3 aromatic carbocycles. The Morgan fingerprint density at radius 2 is 1.42 bits per heavy atom. The molecule has 0 aliphatic rings. The first-order chi connectivity index (χ1) is 11.7. The Morgan fingerprint density at radius 1 is 0.792 bits per heavy atom. The number of ether oxygens (including phenoxy) is 1. The first-order valence-electron chi connectivity index (χ1n) is 8.27. The van der Waals surface area contributed by atoms with E-state index in [1.165, 1.54) is 11.1 Å². The van der Waals surface area contributed by atoms with Crippen molar-refractivity contribution in [3.05, 3.63) is 90.0 Å². The Bertz CT molecular complexity index is 813. The molecule has 24 heavy (non-hydrogen) atoms. The number of benzene rings is 3. The van der Waals surface area contributed by atoms with E-state index in [2.05, 4.69) is 61.5 Å². The lowest BCUT2D eigenvalue weighted by Gasteiger charge is -2.30. The van der Waals surface area contributed by atoms with Crippen LogP contribution in [0.1, 0.15) is 24.5 Å². The number of rotatable bonds is 5. The third kappa shape index (κ3) is 3.06. The van der Waals surface area contributed by atoms with Crippen molar-refractivity contribution in [2.45, 2.75) is 18.9 Å². The molecule has 1 unspecified atom stereocenters. The molecule has 2 heteroatoms. The Hall–Kier alpha value is -2.58. The van der Waals surface area contributed by atoms with E-state index in [0.717, 1.165) is 23.3 Å². The van der Waals surface area contributed by atoms with Crippen LogP contribution in [0, 0.1) is 0 Å². The van der Waals surface area contributed by atoms with Crippen LogP contribution in [0.5, 0.6) is 5.75 Å². The summed E-state index contributed by atoms with van der Waals surface area (Å²) in [5.74, 6) is 0.829. The molecule has 0 spiro atoms. The summed E-state index contributed by atoms with van der Waals surface area (Å²) in [6.07, 6.45) is 0.804. The fourth-order valence-corrected chi connectivity index (χ4v) is 3.08. The predicted molar refractivity (Wildman–Crippen MR) is 100 cm³/mol. The lowest BCUT2D eigenvalue weighted by Crippen LogP contribution is -2.37. The molecule has 0 aliphatic carbocycles. The van der Waals surface area contributed by atoms with E-state index in [0.29, 0.717) is 0 Å². The highest BCUT2D eigenvalue weighted by Gasteiger charge is 2.28. The van der Waals surface area contributed by atoms with Gasteiger partial charge in [0.05, 0.1) is 12.6 Å². The normalized spacial score (nSPS) is 13.3. The second-order valence-electron chi connectivity index (χ2n) is 6.00. The maximum Gasteiger partial charge on any atom is 0.119 e. The van der Waals surface area contributed by atoms with E-state index in [1.807, 2.05) is 24.3 Å². The zero-order chi connectivity index (χ0) is 17.0. The Morgan fingerprint density at radius 3 is 2.08 bits per heavy atom. The Balaban J connectivity index is 2.07. The van der Waals surface area contributed by atoms with Crippen LogP contribution in [0.4, 0.5) is 0 Å². The monoisotopic (exact) mass is 317 g/mol. The van der Waals surface area contributed by atoms with Gasteiger partial charge in [0, 0.05) is 0 Å². The summed E-state index contributed by atoms with van der Waals surface area (Å²) in [7, 11) is 1.68. The van der Waals surface area contributed by atoms with Gasteiger partial charge < -0.3 is 10.5 Å². The van der Waals surface area contributed by atoms with Crippen molar-refractivity contribution in [3.63, 3.8) is 0 Å². The van der Waals surface area contributed by atoms with E-state index in [4.69, 9.17) is 10.5 Å². The van der Waals surface area contributed by atoms with Gasteiger partial charge in [-0.1, -0.05) is 67.6 Å². The minimum absolute atomic E-state index is 0.542. The molecule has 122 valence electrons. The summed E-state index contributed by atoms with van der Waals surface area (Å²) in [6, 6.07) is 26.9. The minimum atomic E-state index is -0.542. The predicted octanol–water partition coefficient (Wildman–Crippen LogP) is 4.97. The summed E-state index contributed by atoms with van der Waals surface area (Å²) in [6.45, 7) is 2.12. The van der Waals surface area contributed by atoms with Gasteiger partial charge in [0.25, 0.3) is 0 Å². The molecule has 0 radical (unpaired) electrons. The highest BCUT2D eigenvalue weighted by Crippen LogP contribution is 2.34. The fraction of sp³-hybridized carbons (Fsp3) is 0.182. The second kappa shape index (κ2) is 6.90. The van der Waals surface area contributed by atoms with Crippen molar-refractivity contribution in [1.82, 2.24) is 0 Å². The molecule has 0 aromatic heterocycles. The van der Waals surface area contributed by atoms with Crippen LogP contribution in [-0.4, -0.2) is 7.11 Å². The van der Waals surface area contributed by atoms with Crippen LogP contribution in [0.15, 0.2) is 78.9 Å². The van der Waals surface area contributed by atoms with Gasteiger partial charge in [-0.25, -0.2) is 0 Å². The van der Waals surface area contributed by atoms with E-state index in [-0.39, 0.29) is 0 Å². The number of methoxy groups -OCH3 is 1. The quantitative estimate of drug-likeness (QED) is 0.720. The third-order valence-electron chi connectivity index (χ3n) is 4.63. The highest BCUT2D eigenvalue weighted by molar-refractivity contribution is 5.65. The van der Waals surface area contributed by atoms with Crippen LogP contribution in [0.2, 0.25) is 0 Å². The van der Waals surface area contributed by atoms with Crippen molar-refractivity contribution in [3.8, 4) is 16.9 Å². The van der Waals surface area contributed by atoms with Gasteiger partial charge in [0.2, 0.25) is 0 Å². The molecule has 2 N–H and O–H groups in total. The van der Waals surface area contributed by atoms with Gasteiger partial charge in [-0.15, -0.1) is 0 Å². The molecule has 0 aliphatic heterocycles. The molecule has 0 heterocycles. The van der Waals surface area contributed by atoms with Crippen molar-refractivity contribution in [1.29, 1.82) is 0 Å². The zero-order valence-corrected chi connectivity index (χ0v) is 14.2. The molecule has 1 atom stereocenters. The second-order valence-corrected chi connectivity index (χ2v) is 6.00. The Kier molecular flexibility index (Phi) is 4.68. The van der Waals surface area contributed by atoms with Gasteiger partial charge in [0.15, 0.2) is 0 Å². The van der Waals surface area contributed by atoms with Crippen molar-refractivity contribution < 1.29 is 4.74 Å². The average Bonchev–Trinajstić information content (AvgIpc) is 2.68. The molecular formula is C22H23NO. The molecule has 0 saturated carbocycles. The fourth-order valence-electron chi connectivity index (χ4n) is 3.08. The van der Waals surface area contributed by atoms with Gasteiger partial charge in [-0.2, -0.15) is 0 Å². The van der Waals surface area contributed by atoms with Gasteiger partial charge in [-0.3, -0.25) is 0 Å². The Labute approximate surface area is 143 Å². The van der Waals surface area contributed by atoms with Crippen LogP contribution in [0.3, 0.4) is 0 Å². The van der Waals surface area contributed by atoms with E-state index >= 15 is 0 Å². The van der Waals surface area contributed by atoms with E-state index in [9.17, 15) is 0 Å². The van der Waals surface area contributed by atoms with Crippen LogP contribution in [0.25, 0.3) is 11.1 Å². The summed E-state index contributed by atoms with van der Waals surface area (Å²) < 4.78 is 5.37. The van der Waals surface area contributed by atoms with E-state index < -0.39 is 5.54 Å². The molecule has 0 fully saturated rings. The average molecular weight is 317 g/mol. The number of nitrogens with two attached hydrogens (primary N) is 1. The molecule has 0 amide bonds. The van der Waals surface area contributed by atoms with Crippen molar-refractivity contribution in [2.75, 3.05) is 7.11 Å².